The third-order valence-electron chi connectivity index (χ3n) is 6.37. The predicted octanol–water partition coefficient (Wildman–Crippen LogP) is 6.05. The largest absolute Gasteiger partial charge is 0.351 e. The predicted molar refractivity (Wildman–Crippen MR) is 136 cm³/mol. The molecule has 1 aliphatic carbocycles. The van der Waals surface area contributed by atoms with Crippen molar-refractivity contribution in [2.24, 2.45) is 0 Å². The second-order valence-electron chi connectivity index (χ2n) is 9.07. The number of nitrogens with zero attached hydrogens (tertiary/aromatic N) is 1. The number of rotatable bonds is 7. The molecular weight excluding hydrogens is 428 g/mol. The number of carbonyl (C=O) groups is 2. The van der Waals surface area contributed by atoms with Gasteiger partial charge in [-0.15, -0.1) is 11.3 Å². The van der Waals surface area contributed by atoms with Crippen molar-refractivity contribution in [3.63, 3.8) is 0 Å². The maximum atomic E-state index is 13.9. The number of benzene rings is 2. The molecule has 0 radical (unpaired) electrons. The van der Waals surface area contributed by atoms with Crippen LogP contribution in [0.4, 0.5) is 5.69 Å². The van der Waals surface area contributed by atoms with Gasteiger partial charge in [0.2, 0.25) is 11.8 Å². The van der Waals surface area contributed by atoms with Crippen LogP contribution in [0.25, 0.3) is 0 Å². The Labute approximate surface area is 200 Å². The minimum atomic E-state index is -0.723. The molecule has 5 heteroatoms. The molecule has 0 unspecified atom stereocenters. The number of carbonyl (C=O) groups excluding carboxylic acids is 2. The zero-order valence-electron chi connectivity index (χ0n) is 19.6. The van der Waals surface area contributed by atoms with Crippen LogP contribution in [0.15, 0.2) is 60.0 Å². The normalized spacial score (nSPS) is 14.8. The molecule has 3 aromatic rings. The summed E-state index contributed by atoms with van der Waals surface area (Å²) in [4.78, 5) is 30.5. The summed E-state index contributed by atoms with van der Waals surface area (Å²) in [7, 11) is 0. The Hall–Kier alpha value is -2.92. The van der Waals surface area contributed by atoms with Gasteiger partial charge in [-0.1, -0.05) is 66.9 Å². The van der Waals surface area contributed by atoms with Crippen LogP contribution in [-0.4, -0.2) is 17.9 Å². The van der Waals surface area contributed by atoms with Gasteiger partial charge in [0.05, 0.1) is 12.1 Å². The van der Waals surface area contributed by atoms with Gasteiger partial charge in [0, 0.05) is 10.9 Å². The fourth-order valence-corrected chi connectivity index (χ4v) is 5.70. The molecule has 0 saturated heterocycles. The minimum Gasteiger partial charge on any atom is -0.351 e. The molecular formula is C28H32N2O2S. The summed E-state index contributed by atoms with van der Waals surface area (Å²) < 4.78 is 0. The Morgan fingerprint density at radius 2 is 1.67 bits per heavy atom. The lowest BCUT2D eigenvalue weighted by molar-refractivity contribution is -0.127. The van der Waals surface area contributed by atoms with Gasteiger partial charge >= 0.3 is 0 Å². The summed E-state index contributed by atoms with van der Waals surface area (Å²) in [5.41, 5.74) is 4.80. The summed E-state index contributed by atoms with van der Waals surface area (Å²) in [5, 5.41) is 5.24. The fraction of sp³-hybridized carbons (Fsp3) is 0.357. The van der Waals surface area contributed by atoms with E-state index in [1.54, 1.807) is 16.2 Å². The average Bonchev–Trinajstić information content (AvgIpc) is 3.47. The topological polar surface area (TPSA) is 49.4 Å². The van der Waals surface area contributed by atoms with Gasteiger partial charge in [-0.25, -0.2) is 0 Å². The van der Waals surface area contributed by atoms with E-state index in [1.165, 1.54) is 0 Å². The van der Waals surface area contributed by atoms with Crippen molar-refractivity contribution in [1.82, 2.24) is 5.32 Å². The van der Waals surface area contributed by atoms with E-state index >= 15 is 0 Å². The standard InChI is InChI=1S/C28H32N2O2S/c1-19-16-20(2)26(21(3)17-19)30(25(31)18-24-14-9-15-33-24)27(22-10-5-4-6-11-22)28(32)29-23-12-7-8-13-23/h4-6,9-11,14-17,23,27H,7-8,12-13,18H2,1-3H3,(H,29,32)/t27-/m1/s1. The summed E-state index contributed by atoms with van der Waals surface area (Å²) in [6.45, 7) is 6.11. The number of nitrogens with one attached hydrogen (secondary N) is 1. The van der Waals surface area contributed by atoms with Gasteiger partial charge in [-0.2, -0.15) is 0 Å². The van der Waals surface area contributed by atoms with Crippen LogP contribution in [0.2, 0.25) is 0 Å². The molecule has 0 bridgehead atoms. The van der Waals surface area contributed by atoms with Crippen LogP contribution < -0.4 is 10.2 Å². The number of amides is 2. The molecule has 1 N–H and O–H groups in total. The Morgan fingerprint density at radius 1 is 1.00 bits per heavy atom. The van der Waals surface area contributed by atoms with E-state index < -0.39 is 6.04 Å². The van der Waals surface area contributed by atoms with Crippen LogP contribution in [-0.2, 0) is 16.0 Å². The Bertz CT molecular complexity index is 1080. The van der Waals surface area contributed by atoms with Gasteiger partial charge in [-0.3, -0.25) is 14.5 Å². The minimum absolute atomic E-state index is 0.0667. The Kier molecular flexibility index (Phi) is 7.29. The van der Waals surface area contributed by atoms with Gasteiger partial charge in [0.15, 0.2) is 0 Å². The van der Waals surface area contributed by atoms with Gasteiger partial charge in [0.25, 0.3) is 0 Å². The molecule has 1 fully saturated rings. The zero-order chi connectivity index (χ0) is 23.4. The molecule has 0 aliphatic heterocycles. The fourth-order valence-electron chi connectivity index (χ4n) is 5.00. The number of anilines is 1. The molecule has 1 atom stereocenters. The van der Waals surface area contributed by atoms with E-state index in [0.717, 1.165) is 58.5 Å². The zero-order valence-corrected chi connectivity index (χ0v) is 20.5. The molecule has 4 rings (SSSR count). The summed E-state index contributed by atoms with van der Waals surface area (Å²) in [6.07, 6.45) is 4.54. The summed E-state index contributed by atoms with van der Waals surface area (Å²) in [6, 6.07) is 17.3. The molecule has 1 aliphatic rings. The SMILES string of the molecule is Cc1cc(C)c(N(C(=O)Cc2cccs2)[C@@H](C(=O)NC2CCCC2)c2ccccc2)c(C)c1. The third kappa shape index (κ3) is 5.36. The highest BCUT2D eigenvalue weighted by molar-refractivity contribution is 7.10. The van der Waals surface area contributed by atoms with E-state index in [9.17, 15) is 9.59 Å². The van der Waals surface area contributed by atoms with Crippen LogP contribution >= 0.6 is 11.3 Å². The van der Waals surface area contributed by atoms with Gasteiger partial charge in [-0.05, 0) is 61.7 Å². The molecule has 1 heterocycles. The number of thiophene rings is 1. The lowest BCUT2D eigenvalue weighted by Crippen LogP contribution is -2.47. The number of aryl methyl sites for hydroxylation is 3. The maximum Gasteiger partial charge on any atom is 0.248 e. The van der Waals surface area contributed by atoms with Crippen molar-refractivity contribution in [3.8, 4) is 0 Å². The first kappa shape index (κ1) is 23.2. The van der Waals surface area contributed by atoms with Crippen LogP contribution in [0.1, 0.15) is 58.9 Å². The van der Waals surface area contributed by atoms with Crippen molar-refractivity contribution in [1.29, 1.82) is 0 Å². The molecule has 2 aromatic carbocycles. The third-order valence-corrected chi connectivity index (χ3v) is 7.25. The highest BCUT2D eigenvalue weighted by Crippen LogP contribution is 2.35. The summed E-state index contributed by atoms with van der Waals surface area (Å²) in [5.74, 6) is -0.171. The molecule has 1 saturated carbocycles. The highest BCUT2D eigenvalue weighted by atomic mass is 32.1. The molecule has 4 nitrogen and oxygen atoms in total. The summed E-state index contributed by atoms with van der Waals surface area (Å²) >= 11 is 1.57. The highest BCUT2D eigenvalue weighted by Gasteiger charge is 2.35. The Balaban J connectivity index is 1.82. The van der Waals surface area contributed by atoms with E-state index in [4.69, 9.17) is 0 Å². The quantitative estimate of drug-likeness (QED) is 0.467. The van der Waals surface area contributed by atoms with Crippen molar-refractivity contribution in [2.45, 2.75) is 65.0 Å². The van der Waals surface area contributed by atoms with Crippen molar-refractivity contribution in [2.75, 3.05) is 4.90 Å². The molecule has 2 amide bonds. The molecule has 0 spiro atoms. The molecule has 1 aromatic heterocycles. The van der Waals surface area contributed by atoms with Gasteiger partial charge < -0.3 is 5.32 Å². The van der Waals surface area contributed by atoms with E-state index in [-0.39, 0.29) is 24.3 Å². The average molecular weight is 461 g/mol. The van der Waals surface area contributed by atoms with E-state index in [1.807, 2.05) is 61.7 Å². The van der Waals surface area contributed by atoms with Crippen LogP contribution in [0, 0.1) is 20.8 Å². The van der Waals surface area contributed by atoms with E-state index in [2.05, 4.69) is 24.4 Å². The second kappa shape index (κ2) is 10.3. The van der Waals surface area contributed by atoms with Gasteiger partial charge in [0.1, 0.15) is 6.04 Å². The molecule has 172 valence electrons. The first-order valence-corrected chi connectivity index (χ1v) is 12.6. The lowest BCUT2D eigenvalue weighted by atomic mass is 9.97. The van der Waals surface area contributed by atoms with Crippen molar-refractivity contribution in [3.05, 3.63) is 87.1 Å². The van der Waals surface area contributed by atoms with Crippen LogP contribution in [0.5, 0.6) is 0 Å². The van der Waals surface area contributed by atoms with Crippen molar-refractivity contribution < 1.29 is 9.59 Å². The first-order chi connectivity index (χ1) is 15.9. The monoisotopic (exact) mass is 460 g/mol. The smallest absolute Gasteiger partial charge is 0.248 e. The second-order valence-corrected chi connectivity index (χ2v) is 10.1. The molecule has 33 heavy (non-hydrogen) atoms. The maximum absolute atomic E-state index is 13.9. The van der Waals surface area contributed by atoms with E-state index in [0.29, 0.717) is 0 Å². The van der Waals surface area contributed by atoms with Crippen LogP contribution in [0.3, 0.4) is 0 Å². The lowest BCUT2D eigenvalue weighted by Gasteiger charge is -2.34. The number of hydrogen-bond donors (Lipinski definition) is 1. The van der Waals surface area contributed by atoms with Crippen molar-refractivity contribution >= 4 is 28.8 Å². The number of hydrogen-bond acceptors (Lipinski definition) is 3. The first-order valence-electron chi connectivity index (χ1n) is 11.7. The Morgan fingerprint density at radius 3 is 2.27 bits per heavy atom.